The highest BCUT2D eigenvalue weighted by atomic mass is 19.1. The average Bonchev–Trinajstić information content (AvgIpc) is 3.11. The van der Waals surface area contributed by atoms with Gasteiger partial charge in [-0.25, -0.2) is 4.39 Å². The van der Waals surface area contributed by atoms with Crippen LogP contribution in [0.5, 0.6) is 0 Å². The molecule has 140 valence electrons. The minimum absolute atomic E-state index is 0.0586. The van der Waals surface area contributed by atoms with Crippen molar-refractivity contribution in [2.24, 2.45) is 0 Å². The van der Waals surface area contributed by atoms with Gasteiger partial charge in [0.2, 0.25) is 0 Å². The predicted octanol–water partition coefficient (Wildman–Crippen LogP) is 4.52. The zero-order valence-corrected chi connectivity index (χ0v) is 15.0. The maximum Gasteiger partial charge on any atom is 0.251 e. The molecule has 1 amide bonds. The Hall–Kier alpha value is -3.51. The molecule has 4 aromatic rings. The number of ether oxygens (including phenoxy) is 1. The number of amides is 1. The summed E-state index contributed by atoms with van der Waals surface area (Å²) in [6.07, 6.45) is 0. The number of hydrogen-bond donors (Lipinski definition) is 2. The van der Waals surface area contributed by atoms with Crippen LogP contribution in [0.4, 0.5) is 10.2 Å². The lowest BCUT2D eigenvalue weighted by Gasteiger charge is -2.05. The van der Waals surface area contributed by atoms with Crippen LogP contribution in [-0.2, 0) is 16.1 Å². The molecule has 1 aromatic heterocycles. The normalized spacial score (nSPS) is 10.9. The van der Waals surface area contributed by atoms with E-state index < -0.39 is 0 Å². The van der Waals surface area contributed by atoms with Crippen molar-refractivity contribution in [1.82, 2.24) is 10.2 Å². The summed E-state index contributed by atoms with van der Waals surface area (Å²) in [6, 6.07) is 21.7. The highest BCUT2D eigenvalue weighted by molar-refractivity contribution is 6.01. The van der Waals surface area contributed by atoms with E-state index in [1.165, 1.54) is 12.1 Å². The smallest absolute Gasteiger partial charge is 0.251 e. The quantitative estimate of drug-likeness (QED) is 0.520. The number of benzene rings is 3. The second-order valence-corrected chi connectivity index (χ2v) is 6.37. The number of halogens is 1. The fourth-order valence-electron chi connectivity index (χ4n) is 2.94. The first-order valence-corrected chi connectivity index (χ1v) is 8.84. The molecule has 28 heavy (non-hydrogen) atoms. The van der Waals surface area contributed by atoms with Gasteiger partial charge >= 0.3 is 0 Å². The molecular formula is C22H18FN3O2. The standard InChI is InChI=1S/C22H18FN3O2/c23-18-9-6-16(7-10-18)17-8-11-19-20(12-17)25-26-22(19)24-21(27)14-28-13-15-4-2-1-3-5-15/h1-12H,13-14H2,(H2,24,25,26,27). The molecule has 4 rings (SSSR count). The predicted molar refractivity (Wildman–Crippen MR) is 106 cm³/mol. The Morgan fingerprint density at radius 3 is 2.54 bits per heavy atom. The van der Waals surface area contributed by atoms with E-state index in [2.05, 4.69) is 15.5 Å². The zero-order valence-electron chi connectivity index (χ0n) is 15.0. The fourth-order valence-corrected chi connectivity index (χ4v) is 2.94. The van der Waals surface area contributed by atoms with Crippen LogP contribution in [-0.4, -0.2) is 22.7 Å². The third-order valence-corrected chi connectivity index (χ3v) is 4.34. The van der Waals surface area contributed by atoms with Gasteiger partial charge in [0, 0.05) is 5.39 Å². The maximum absolute atomic E-state index is 13.1. The Morgan fingerprint density at radius 2 is 1.75 bits per heavy atom. The van der Waals surface area contributed by atoms with Crippen LogP contribution >= 0.6 is 0 Å². The Labute approximate surface area is 161 Å². The molecule has 2 N–H and O–H groups in total. The lowest BCUT2D eigenvalue weighted by Crippen LogP contribution is -2.18. The molecule has 5 nitrogen and oxygen atoms in total. The number of H-pyrrole nitrogens is 1. The molecule has 0 atom stereocenters. The molecule has 0 aliphatic rings. The molecule has 3 aromatic carbocycles. The van der Waals surface area contributed by atoms with Gasteiger partial charge in [-0.1, -0.05) is 48.5 Å². The van der Waals surface area contributed by atoms with E-state index in [1.807, 2.05) is 48.5 Å². The second-order valence-electron chi connectivity index (χ2n) is 6.37. The van der Waals surface area contributed by atoms with Crippen molar-refractivity contribution in [3.05, 3.63) is 84.2 Å². The summed E-state index contributed by atoms with van der Waals surface area (Å²) < 4.78 is 18.5. The molecular weight excluding hydrogens is 357 g/mol. The largest absolute Gasteiger partial charge is 0.367 e. The van der Waals surface area contributed by atoms with Crippen molar-refractivity contribution in [3.8, 4) is 11.1 Å². The van der Waals surface area contributed by atoms with Crippen LogP contribution in [0, 0.1) is 5.82 Å². The Morgan fingerprint density at radius 1 is 1.00 bits per heavy atom. The van der Waals surface area contributed by atoms with Crippen LogP contribution in [0.15, 0.2) is 72.8 Å². The van der Waals surface area contributed by atoms with Gasteiger partial charge in [0.25, 0.3) is 5.91 Å². The first kappa shape index (κ1) is 17.9. The number of carbonyl (C=O) groups excluding carboxylic acids is 1. The van der Waals surface area contributed by atoms with Crippen molar-refractivity contribution in [2.75, 3.05) is 11.9 Å². The molecule has 1 heterocycles. The van der Waals surface area contributed by atoms with Gasteiger partial charge < -0.3 is 10.1 Å². The SMILES string of the molecule is O=C(COCc1ccccc1)Nc1n[nH]c2cc(-c3ccc(F)cc3)ccc12. The van der Waals surface area contributed by atoms with Crippen LogP contribution in [0.25, 0.3) is 22.0 Å². The molecule has 0 aliphatic heterocycles. The molecule has 0 aliphatic carbocycles. The second kappa shape index (κ2) is 8.02. The number of anilines is 1. The van der Waals surface area contributed by atoms with Gasteiger partial charge in [-0.15, -0.1) is 0 Å². The average molecular weight is 375 g/mol. The summed E-state index contributed by atoms with van der Waals surface area (Å²) in [5, 5.41) is 10.7. The lowest BCUT2D eigenvalue weighted by atomic mass is 10.0. The summed E-state index contributed by atoms with van der Waals surface area (Å²) >= 11 is 0. The number of nitrogens with one attached hydrogen (secondary N) is 2. The number of aromatic amines is 1. The molecule has 0 bridgehead atoms. The van der Waals surface area contributed by atoms with Gasteiger partial charge in [-0.3, -0.25) is 9.89 Å². The topological polar surface area (TPSA) is 67.0 Å². The minimum Gasteiger partial charge on any atom is -0.367 e. The molecule has 6 heteroatoms. The zero-order chi connectivity index (χ0) is 19.3. The van der Waals surface area contributed by atoms with Crippen molar-refractivity contribution in [1.29, 1.82) is 0 Å². The highest BCUT2D eigenvalue weighted by Gasteiger charge is 2.11. The number of nitrogens with zero attached hydrogens (tertiary/aromatic N) is 1. The van der Waals surface area contributed by atoms with Crippen LogP contribution in [0.1, 0.15) is 5.56 Å². The summed E-state index contributed by atoms with van der Waals surface area (Å²) in [7, 11) is 0. The molecule has 0 spiro atoms. The van der Waals surface area contributed by atoms with E-state index in [0.717, 1.165) is 27.6 Å². The van der Waals surface area contributed by atoms with Crippen LogP contribution in [0.2, 0.25) is 0 Å². The van der Waals surface area contributed by atoms with Gasteiger partial charge in [-0.2, -0.15) is 5.10 Å². The summed E-state index contributed by atoms with van der Waals surface area (Å²) in [5.41, 5.74) is 3.62. The monoisotopic (exact) mass is 375 g/mol. The van der Waals surface area contributed by atoms with Gasteiger partial charge in [0.05, 0.1) is 12.1 Å². The number of rotatable bonds is 6. The third-order valence-electron chi connectivity index (χ3n) is 4.34. The Balaban J connectivity index is 1.41. The van der Waals surface area contributed by atoms with Crippen molar-refractivity contribution in [2.45, 2.75) is 6.61 Å². The Kier molecular flexibility index (Phi) is 5.12. The Bertz CT molecular complexity index is 1090. The van der Waals surface area contributed by atoms with E-state index in [0.29, 0.717) is 12.4 Å². The fraction of sp³-hybridized carbons (Fsp3) is 0.0909. The van der Waals surface area contributed by atoms with E-state index in [1.54, 1.807) is 12.1 Å². The van der Waals surface area contributed by atoms with E-state index in [4.69, 9.17) is 4.74 Å². The first-order valence-electron chi connectivity index (χ1n) is 8.84. The number of carbonyl (C=O) groups is 1. The molecule has 0 unspecified atom stereocenters. The molecule has 0 radical (unpaired) electrons. The maximum atomic E-state index is 13.1. The number of hydrogen-bond acceptors (Lipinski definition) is 3. The summed E-state index contributed by atoms with van der Waals surface area (Å²) in [6.45, 7) is 0.313. The van der Waals surface area contributed by atoms with Crippen molar-refractivity contribution < 1.29 is 13.9 Å². The number of fused-ring (bicyclic) bond motifs is 1. The summed E-state index contributed by atoms with van der Waals surface area (Å²) in [4.78, 5) is 12.1. The van der Waals surface area contributed by atoms with Gasteiger partial charge in [0.15, 0.2) is 5.82 Å². The van der Waals surface area contributed by atoms with Crippen LogP contribution < -0.4 is 5.32 Å². The first-order chi connectivity index (χ1) is 13.7. The minimum atomic E-state index is -0.272. The van der Waals surface area contributed by atoms with E-state index in [-0.39, 0.29) is 18.3 Å². The van der Waals surface area contributed by atoms with Crippen molar-refractivity contribution in [3.63, 3.8) is 0 Å². The number of aromatic nitrogens is 2. The van der Waals surface area contributed by atoms with Crippen molar-refractivity contribution >= 4 is 22.6 Å². The highest BCUT2D eigenvalue weighted by Crippen LogP contribution is 2.27. The third kappa shape index (κ3) is 4.07. The van der Waals surface area contributed by atoms with E-state index >= 15 is 0 Å². The van der Waals surface area contributed by atoms with E-state index in [9.17, 15) is 9.18 Å². The summed E-state index contributed by atoms with van der Waals surface area (Å²) in [5.74, 6) is -0.0910. The molecule has 0 fully saturated rings. The lowest BCUT2D eigenvalue weighted by molar-refractivity contribution is -0.121. The van der Waals surface area contributed by atoms with Crippen LogP contribution in [0.3, 0.4) is 0 Å². The van der Waals surface area contributed by atoms with Gasteiger partial charge in [-0.05, 0) is 41.0 Å². The molecule has 0 saturated carbocycles. The molecule has 0 saturated heterocycles. The van der Waals surface area contributed by atoms with Gasteiger partial charge in [0.1, 0.15) is 12.4 Å².